The van der Waals surface area contributed by atoms with Gasteiger partial charge in [0, 0.05) is 23.7 Å². The number of aromatic carboxylic acids is 1. The van der Waals surface area contributed by atoms with Crippen LogP contribution in [-0.4, -0.2) is 25.8 Å². The van der Waals surface area contributed by atoms with Crippen molar-refractivity contribution in [1.29, 1.82) is 0 Å². The molecule has 0 amide bonds. The molecule has 0 unspecified atom stereocenters. The number of hydrogen-bond donors (Lipinski definition) is 3. The fourth-order valence-electron chi connectivity index (χ4n) is 2.71. The monoisotopic (exact) mass is 419 g/mol. The molecule has 7 nitrogen and oxygen atoms in total. The molecule has 0 saturated heterocycles. The van der Waals surface area contributed by atoms with Crippen LogP contribution >= 0.6 is 23.2 Å². The number of halogens is 2. The first kappa shape index (κ1) is 20.0. The van der Waals surface area contributed by atoms with Crippen molar-refractivity contribution in [3.8, 4) is 0 Å². The number of hydrogen-bond acceptors (Lipinski definition) is 5. The highest BCUT2D eigenvalue weighted by Gasteiger charge is 2.13. The second-order valence-electron chi connectivity index (χ2n) is 6.19. The lowest BCUT2D eigenvalue weighted by Crippen LogP contribution is -2.06. The van der Waals surface area contributed by atoms with Gasteiger partial charge in [0.05, 0.1) is 33.9 Å². The zero-order valence-electron chi connectivity index (χ0n) is 15.3. The summed E-state index contributed by atoms with van der Waals surface area (Å²) in [6.07, 6.45) is 2.44. The molecule has 3 aromatic rings. The van der Waals surface area contributed by atoms with Crippen molar-refractivity contribution >= 4 is 52.2 Å². The van der Waals surface area contributed by atoms with Gasteiger partial charge in [-0.2, -0.15) is 5.10 Å². The van der Waals surface area contributed by atoms with E-state index in [1.54, 1.807) is 6.07 Å². The van der Waals surface area contributed by atoms with Crippen LogP contribution in [0.2, 0.25) is 10.0 Å². The van der Waals surface area contributed by atoms with E-state index in [0.29, 0.717) is 27.2 Å². The lowest BCUT2D eigenvalue weighted by Gasteiger charge is -2.14. The number of carboxylic acid groups (broad SMARTS) is 1. The standard InChI is InChI=1S/C19H19Cl2N5O2/c1-3-6-26-18(7-11(2)25-26)24-17-9-16(14(21)10-22-17)23-15-8-12(20)4-5-13(15)19(27)28/h4-5,7-10H,3,6H2,1-2H3,(H,27,28)(H2,22,23,24). The van der Waals surface area contributed by atoms with Crippen molar-refractivity contribution in [1.82, 2.24) is 14.8 Å². The first-order valence-corrected chi connectivity index (χ1v) is 9.40. The SMILES string of the molecule is CCCn1nc(C)cc1Nc1cc(Nc2cc(Cl)ccc2C(=O)O)c(Cl)cn1. The van der Waals surface area contributed by atoms with Gasteiger partial charge >= 0.3 is 5.97 Å². The maximum absolute atomic E-state index is 11.5. The Bertz CT molecular complexity index is 1020. The number of aryl methyl sites for hydroxylation is 2. The Labute approximate surface area is 172 Å². The summed E-state index contributed by atoms with van der Waals surface area (Å²) in [5.41, 5.74) is 1.82. The van der Waals surface area contributed by atoms with Crippen molar-refractivity contribution < 1.29 is 9.90 Å². The Kier molecular flexibility index (Phi) is 6.06. The fraction of sp³-hybridized carbons (Fsp3) is 0.211. The molecule has 28 heavy (non-hydrogen) atoms. The van der Waals surface area contributed by atoms with Crippen LogP contribution in [0.4, 0.5) is 23.0 Å². The van der Waals surface area contributed by atoms with Crippen LogP contribution in [0, 0.1) is 6.92 Å². The Morgan fingerprint density at radius 1 is 1.18 bits per heavy atom. The lowest BCUT2D eigenvalue weighted by molar-refractivity contribution is 0.0698. The molecule has 0 saturated carbocycles. The highest BCUT2D eigenvalue weighted by atomic mass is 35.5. The number of benzene rings is 1. The van der Waals surface area contributed by atoms with Crippen molar-refractivity contribution in [2.24, 2.45) is 0 Å². The highest BCUT2D eigenvalue weighted by Crippen LogP contribution is 2.31. The summed E-state index contributed by atoms with van der Waals surface area (Å²) >= 11 is 12.3. The Hall–Kier alpha value is -2.77. The lowest BCUT2D eigenvalue weighted by atomic mass is 10.1. The number of carbonyl (C=O) groups is 1. The number of aromatic nitrogens is 3. The van der Waals surface area contributed by atoms with E-state index in [9.17, 15) is 9.90 Å². The summed E-state index contributed by atoms with van der Waals surface area (Å²) in [7, 11) is 0. The molecule has 0 spiro atoms. The largest absolute Gasteiger partial charge is 0.478 e. The van der Waals surface area contributed by atoms with E-state index in [-0.39, 0.29) is 5.56 Å². The summed E-state index contributed by atoms with van der Waals surface area (Å²) in [6, 6.07) is 8.13. The molecule has 0 aliphatic carbocycles. The van der Waals surface area contributed by atoms with Crippen molar-refractivity contribution in [3.05, 3.63) is 57.8 Å². The predicted octanol–water partition coefficient (Wildman–Crippen LogP) is 5.49. The van der Waals surface area contributed by atoms with Gasteiger partial charge < -0.3 is 15.7 Å². The minimum Gasteiger partial charge on any atom is -0.478 e. The third-order valence-corrected chi connectivity index (χ3v) is 4.47. The van der Waals surface area contributed by atoms with E-state index in [1.165, 1.54) is 24.4 Å². The third kappa shape index (κ3) is 4.55. The number of nitrogens with zero attached hydrogens (tertiary/aromatic N) is 3. The van der Waals surface area contributed by atoms with Crippen LogP contribution in [0.3, 0.4) is 0 Å². The molecule has 2 heterocycles. The molecule has 0 bridgehead atoms. The maximum atomic E-state index is 11.5. The van der Waals surface area contributed by atoms with Crippen LogP contribution in [0.15, 0.2) is 36.5 Å². The highest BCUT2D eigenvalue weighted by molar-refractivity contribution is 6.33. The molecule has 0 atom stereocenters. The summed E-state index contributed by atoms with van der Waals surface area (Å²) in [4.78, 5) is 15.8. The Morgan fingerprint density at radius 3 is 2.68 bits per heavy atom. The molecular weight excluding hydrogens is 401 g/mol. The smallest absolute Gasteiger partial charge is 0.337 e. The van der Waals surface area contributed by atoms with Gasteiger partial charge in [0.15, 0.2) is 0 Å². The van der Waals surface area contributed by atoms with E-state index in [4.69, 9.17) is 23.2 Å². The van der Waals surface area contributed by atoms with Crippen LogP contribution in [-0.2, 0) is 6.54 Å². The van der Waals surface area contributed by atoms with E-state index >= 15 is 0 Å². The Morgan fingerprint density at radius 2 is 1.96 bits per heavy atom. The summed E-state index contributed by atoms with van der Waals surface area (Å²) in [5, 5.41) is 20.9. The first-order valence-electron chi connectivity index (χ1n) is 8.64. The fourth-order valence-corrected chi connectivity index (χ4v) is 3.04. The average molecular weight is 420 g/mol. The quantitative estimate of drug-likeness (QED) is 0.468. The first-order chi connectivity index (χ1) is 13.4. The molecule has 3 rings (SSSR count). The second-order valence-corrected chi connectivity index (χ2v) is 7.03. The predicted molar refractivity (Wildman–Crippen MR) is 111 cm³/mol. The van der Waals surface area contributed by atoms with Crippen LogP contribution in [0.25, 0.3) is 0 Å². The Balaban J connectivity index is 1.91. The van der Waals surface area contributed by atoms with Crippen LogP contribution < -0.4 is 10.6 Å². The number of anilines is 4. The molecule has 0 aliphatic heterocycles. The van der Waals surface area contributed by atoms with Gasteiger partial charge in [0.25, 0.3) is 0 Å². The molecule has 0 radical (unpaired) electrons. The summed E-state index contributed by atoms with van der Waals surface area (Å²) < 4.78 is 1.87. The van der Waals surface area contributed by atoms with E-state index in [0.717, 1.165) is 24.5 Å². The average Bonchev–Trinajstić information content (AvgIpc) is 2.97. The summed E-state index contributed by atoms with van der Waals surface area (Å²) in [6.45, 7) is 4.78. The molecule has 3 N–H and O–H groups in total. The van der Waals surface area contributed by atoms with Gasteiger partial charge in [0.2, 0.25) is 0 Å². The maximum Gasteiger partial charge on any atom is 0.337 e. The number of pyridine rings is 1. The zero-order valence-corrected chi connectivity index (χ0v) is 16.8. The normalized spacial score (nSPS) is 10.7. The molecule has 2 aromatic heterocycles. The van der Waals surface area contributed by atoms with Gasteiger partial charge in [-0.25, -0.2) is 14.5 Å². The third-order valence-electron chi connectivity index (χ3n) is 3.93. The zero-order chi connectivity index (χ0) is 20.3. The van der Waals surface area contributed by atoms with Crippen molar-refractivity contribution in [2.75, 3.05) is 10.6 Å². The molecule has 9 heteroatoms. The van der Waals surface area contributed by atoms with Crippen molar-refractivity contribution in [3.63, 3.8) is 0 Å². The number of carboxylic acids is 1. The number of rotatable bonds is 7. The van der Waals surface area contributed by atoms with Gasteiger partial charge in [-0.05, 0) is 31.5 Å². The van der Waals surface area contributed by atoms with Gasteiger partial charge in [-0.1, -0.05) is 30.1 Å². The van der Waals surface area contributed by atoms with E-state index in [2.05, 4.69) is 27.6 Å². The van der Waals surface area contributed by atoms with Crippen LogP contribution in [0.1, 0.15) is 29.4 Å². The second kappa shape index (κ2) is 8.50. The van der Waals surface area contributed by atoms with Gasteiger partial charge in [-0.15, -0.1) is 0 Å². The molecular formula is C19H19Cl2N5O2. The molecule has 0 fully saturated rings. The minimum atomic E-state index is -1.07. The minimum absolute atomic E-state index is 0.0865. The van der Waals surface area contributed by atoms with E-state index < -0.39 is 5.97 Å². The van der Waals surface area contributed by atoms with Gasteiger partial charge in [-0.3, -0.25) is 0 Å². The summed E-state index contributed by atoms with van der Waals surface area (Å²) in [5.74, 6) is 0.291. The van der Waals surface area contributed by atoms with Crippen molar-refractivity contribution in [2.45, 2.75) is 26.8 Å². The van der Waals surface area contributed by atoms with Gasteiger partial charge in [0.1, 0.15) is 11.6 Å². The topological polar surface area (TPSA) is 92.1 Å². The molecule has 1 aromatic carbocycles. The molecule has 146 valence electrons. The number of nitrogens with one attached hydrogen (secondary N) is 2. The van der Waals surface area contributed by atoms with Crippen LogP contribution in [0.5, 0.6) is 0 Å². The molecule has 0 aliphatic rings. The van der Waals surface area contributed by atoms with E-state index in [1.807, 2.05) is 17.7 Å².